The van der Waals surface area contributed by atoms with Gasteiger partial charge in [0.1, 0.15) is 5.75 Å². The number of hydrogen-bond acceptors (Lipinski definition) is 3. The predicted octanol–water partition coefficient (Wildman–Crippen LogP) is 3.27. The van der Waals surface area contributed by atoms with Crippen molar-refractivity contribution in [2.45, 2.75) is 38.6 Å². The Balaban J connectivity index is 1.49. The summed E-state index contributed by atoms with van der Waals surface area (Å²) in [5.41, 5.74) is 1.26. The molecule has 0 unspecified atom stereocenters. The number of methoxy groups -OCH3 is 1. The molecule has 1 saturated heterocycles. The molecule has 132 valence electrons. The van der Waals surface area contributed by atoms with Crippen molar-refractivity contribution in [2.24, 2.45) is 5.92 Å². The Morgan fingerprint density at radius 1 is 1.08 bits per heavy atom. The van der Waals surface area contributed by atoms with Gasteiger partial charge in [-0.25, -0.2) is 0 Å². The summed E-state index contributed by atoms with van der Waals surface area (Å²) >= 11 is 5.68. The van der Waals surface area contributed by atoms with E-state index in [1.807, 2.05) is 12.1 Å². The zero-order valence-electron chi connectivity index (χ0n) is 14.8. The Hall–Kier alpha value is -1.49. The van der Waals surface area contributed by atoms with Crippen LogP contribution in [0.5, 0.6) is 5.75 Å². The minimum atomic E-state index is 0.561. The molecule has 1 N–H and O–H groups in total. The number of anilines is 1. The number of thiocarbonyl (C=S) groups is 1. The lowest BCUT2D eigenvalue weighted by Crippen LogP contribution is -2.54. The van der Waals surface area contributed by atoms with Gasteiger partial charge in [-0.2, -0.15) is 0 Å². The van der Waals surface area contributed by atoms with Crippen molar-refractivity contribution in [2.75, 3.05) is 38.2 Å². The molecule has 1 heterocycles. The molecule has 24 heavy (non-hydrogen) atoms. The van der Waals surface area contributed by atoms with Crippen LogP contribution in [0.4, 0.5) is 5.69 Å². The molecule has 1 aromatic carbocycles. The van der Waals surface area contributed by atoms with Crippen molar-refractivity contribution in [1.29, 1.82) is 0 Å². The first-order chi connectivity index (χ1) is 11.7. The summed E-state index contributed by atoms with van der Waals surface area (Å²) in [5, 5.41) is 4.58. The molecule has 2 aliphatic rings. The third-order valence-corrected chi connectivity index (χ3v) is 5.80. The summed E-state index contributed by atoms with van der Waals surface area (Å²) in [7, 11) is 1.70. The fourth-order valence-corrected chi connectivity index (χ4v) is 4.08. The topological polar surface area (TPSA) is 27.7 Å². The number of benzene rings is 1. The lowest BCUT2D eigenvalue weighted by atomic mass is 9.86. The van der Waals surface area contributed by atoms with Gasteiger partial charge in [0, 0.05) is 37.9 Å². The molecule has 0 amide bonds. The van der Waals surface area contributed by atoms with Gasteiger partial charge in [-0.05, 0) is 55.2 Å². The average molecular weight is 348 g/mol. The van der Waals surface area contributed by atoms with Crippen LogP contribution < -0.4 is 15.0 Å². The van der Waals surface area contributed by atoms with E-state index in [0.29, 0.717) is 6.04 Å². The highest BCUT2D eigenvalue weighted by Gasteiger charge is 2.25. The highest BCUT2D eigenvalue weighted by atomic mass is 32.1. The number of piperazine rings is 1. The quantitative estimate of drug-likeness (QED) is 0.847. The normalized spacial score (nSPS) is 24.6. The van der Waals surface area contributed by atoms with E-state index in [1.165, 1.54) is 31.4 Å². The number of rotatable bonds is 3. The molecule has 0 spiro atoms. The molecular weight excluding hydrogens is 318 g/mol. The number of nitrogens with one attached hydrogen (secondary N) is 1. The summed E-state index contributed by atoms with van der Waals surface area (Å²) < 4.78 is 5.23. The second kappa shape index (κ2) is 8.06. The van der Waals surface area contributed by atoms with Crippen LogP contribution in [0.3, 0.4) is 0 Å². The van der Waals surface area contributed by atoms with Crippen molar-refractivity contribution in [1.82, 2.24) is 10.2 Å². The third kappa shape index (κ3) is 4.12. The fourth-order valence-electron chi connectivity index (χ4n) is 3.74. The maximum atomic E-state index is 5.68. The van der Waals surface area contributed by atoms with Gasteiger partial charge in [0.05, 0.1) is 7.11 Å². The van der Waals surface area contributed by atoms with E-state index in [1.54, 1.807) is 7.11 Å². The second-order valence-corrected chi connectivity index (χ2v) is 7.38. The number of nitrogens with zero attached hydrogens (tertiary/aromatic N) is 2. The van der Waals surface area contributed by atoms with Crippen molar-refractivity contribution >= 4 is 23.0 Å². The predicted molar refractivity (Wildman–Crippen MR) is 104 cm³/mol. The average Bonchev–Trinajstić information content (AvgIpc) is 2.64. The molecule has 2 atom stereocenters. The van der Waals surface area contributed by atoms with Crippen LogP contribution in [0, 0.1) is 5.92 Å². The largest absolute Gasteiger partial charge is 0.497 e. The van der Waals surface area contributed by atoms with E-state index in [-0.39, 0.29) is 0 Å². The molecule has 3 rings (SSSR count). The number of hydrogen-bond donors (Lipinski definition) is 1. The maximum Gasteiger partial charge on any atom is 0.169 e. The van der Waals surface area contributed by atoms with Gasteiger partial charge in [-0.15, -0.1) is 0 Å². The van der Waals surface area contributed by atoms with E-state index in [9.17, 15) is 0 Å². The minimum Gasteiger partial charge on any atom is -0.497 e. The highest BCUT2D eigenvalue weighted by Crippen LogP contribution is 2.24. The van der Waals surface area contributed by atoms with Crippen molar-refractivity contribution in [3.63, 3.8) is 0 Å². The minimum absolute atomic E-state index is 0.561. The Labute approximate surface area is 151 Å². The van der Waals surface area contributed by atoms with Crippen LogP contribution in [0.1, 0.15) is 32.6 Å². The lowest BCUT2D eigenvalue weighted by Gasteiger charge is -2.39. The number of ether oxygens (including phenoxy) is 1. The van der Waals surface area contributed by atoms with Crippen molar-refractivity contribution in [3.8, 4) is 5.75 Å². The van der Waals surface area contributed by atoms with Gasteiger partial charge in [0.2, 0.25) is 0 Å². The van der Waals surface area contributed by atoms with E-state index in [4.69, 9.17) is 17.0 Å². The first-order valence-corrected chi connectivity index (χ1v) is 9.52. The van der Waals surface area contributed by atoms with Crippen LogP contribution in [0.15, 0.2) is 24.3 Å². The Bertz CT molecular complexity index is 540. The summed E-state index contributed by atoms with van der Waals surface area (Å²) in [6.45, 7) is 6.34. The Morgan fingerprint density at radius 2 is 1.75 bits per heavy atom. The van der Waals surface area contributed by atoms with Crippen molar-refractivity contribution < 1.29 is 4.74 Å². The van der Waals surface area contributed by atoms with Crippen LogP contribution in [0.25, 0.3) is 0 Å². The Morgan fingerprint density at radius 3 is 2.38 bits per heavy atom. The van der Waals surface area contributed by atoms with Crippen LogP contribution >= 0.6 is 12.2 Å². The van der Waals surface area contributed by atoms with Crippen molar-refractivity contribution in [3.05, 3.63) is 24.3 Å². The van der Waals surface area contributed by atoms with Gasteiger partial charge in [-0.1, -0.05) is 19.8 Å². The summed E-state index contributed by atoms with van der Waals surface area (Å²) in [4.78, 5) is 4.75. The molecule has 1 aromatic rings. The molecule has 5 heteroatoms. The fraction of sp³-hybridized carbons (Fsp3) is 0.632. The zero-order chi connectivity index (χ0) is 16.9. The molecule has 0 radical (unpaired) electrons. The van der Waals surface area contributed by atoms with Gasteiger partial charge in [-0.3, -0.25) is 0 Å². The first-order valence-electron chi connectivity index (χ1n) is 9.12. The maximum absolute atomic E-state index is 5.68. The van der Waals surface area contributed by atoms with E-state index < -0.39 is 0 Å². The molecule has 1 saturated carbocycles. The lowest BCUT2D eigenvalue weighted by molar-refractivity contribution is 0.293. The van der Waals surface area contributed by atoms with Crippen LogP contribution in [-0.4, -0.2) is 49.3 Å². The summed E-state index contributed by atoms with van der Waals surface area (Å²) in [5.74, 6) is 1.64. The van der Waals surface area contributed by atoms with Crippen LogP contribution in [0.2, 0.25) is 0 Å². The summed E-state index contributed by atoms with van der Waals surface area (Å²) in [6.07, 6.45) is 5.28. The van der Waals surface area contributed by atoms with Gasteiger partial charge < -0.3 is 19.9 Å². The highest BCUT2D eigenvalue weighted by molar-refractivity contribution is 7.80. The van der Waals surface area contributed by atoms with E-state index in [0.717, 1.165) is 43.0 Å². The molecule has 2 fully saturated rings. The van der Waals surface area contributed by atoms with E-state index >= 15 is 0 Å². The molecular formula is C19H29N3OS. The van der Waals surface area contributed by atoms with Gasteiger partial charge >= 0.3 is 0 Å². The first kappa shape index (κ1) is 17.3. The monoisotopic (exact) mass is 347 g/mol. The molecule has 1 aliphatic carbocycles. The summed E-state index contributed by atoms with van der Waals surface area (Å²) in [6, 6.07) is 8.88. The van der Waals surface area contributed by atoms with Gasteiger partial charge in [0.25, 0.3) is 0 Å². The SMILES string of the molecule is COc1ccc(N2CCN(C(=S)N[C@@H]3CCCC[C@@H]3C)CC2)cc1. The molecule has 0 aromatic heterocycles. The van der Waals surface area contributed by atoms with Gasteiger partial charge in [0.15, 0.2) is 5.11 Å². The van der Waals surface area contributed by atoms with Crippen LogP contribution in [-0.2, 0) is 0 Å². The Kier molecular flexibility index (Phi) is 5.82. The van der Waals surface area contributed by atoms with E-state index in [2.05, 4.69) is 34.2 Å². The molecule has 0 bridgehead atoms. The zero-order valence-corrected chi connectivity index (χ0v) is 15.6. The standard InChI is InChI=1S/C19H29N3OS/c1-15-5-3-4-6-18(15)20-19(24)22-13-11-21(12-14-22)16-7-9-17(23-2)10-8-16/h7-10,15,18H,3-6,11-14H2,1-2H3,(H,20,24)/t15-,18+/m0/s1. The smallest absolute Gasteiger partial charge is 0.169 e. The molecule has 1 aliphatic heterocycles. The molecule has 4 nitrogen and oxygen atoms in total. The third-order valence-electron chi connectivity index (χ3n) is 5.42. The second-order valence-electron chi connectivity index (χ2n) is 6.99.